The van der Waals surface area contributed by atoms with E-state index < -0.39 is 5.97 Å². The van der Waals surface area contributed by atoms with Gasteiger partial charge in [0.2, 0.25) is 5.91 Å². The van der Waals surface area contributed by atoms with Crippen molar-refractivity contribution in [3.05, 3.63) is 76.1 Å². The molecule has 0 aliphatic carbocycles. The molecule has 1 N–H and O–H groups in total. The molecule has 6 heteroatoms. The van der Waals surface area contributed by atoms with E-state index in [1.54, 1.807) is 17.0 Å². The zero-order valence-electron chi connectivity index (χ0n) is 16.3. The molecule has 3 rings (SSSR count). The van der Waals surface area contributed by atoms with Crippen LogP contribution in [-0.2, 0) is 11.3 Å². The molecule has 0 bridgehead atoms. The maximum Gasteiger partial charge on any atom is 0.348 e. The number of aromatic carboxylic acids is 1. The third-order valence-corrected chi connectivity index (χ3v) is 5.96. The summed E-state index contributed by atoms with van der Waals surface area (Å²) in [5.74, 6) is -1.02. The van der Waals surface area contributed by atoms with Crippen molar-refractivity contribution in [1.29, 1.82) is 0 Å². The topological polar surface area (TPSA) is 57.6 Å². The molecule has 4 nitrogen and oxygen atoms in total. The Balaban J connectivity index is 2.09. The van der Waals surface area contributed by atoms with Crippen molar-refractivity contribution < 1.29 is 14.7 Å². The molecule has 150 valence electrons. The van der Waals surface area contributed by atoms with Crippen LogP contribution in [0.15, 0.2) is 60.7 Å². The summed E-state index contributed by atoms with van der Waals surface area (Å²) in [7, 11) is 0. The first-order valence-electron chi connectivity index (χ1n) is 9.33. The Morgan fingerprint density at radius 1 is 1.07 bits per heavy atom. The van der Waals surface area contributed by atoms with Crippen LogP contribution in [0.25, 0.3) is 10.4 Å². The summed E-state index contributed by atoms with van der Waals surface area (Å²) < 4.78 is 0. The Labute approximate surface area is 179 Å². The molecule has 1 heterocycles. The summed E-state index contributed by atoms with van der Waals surface area (Å²) in [5, 5.41) is 10.4. The molecule has 0 aliphatic heterocycles. The molecule has 0 unspecified atom stereocenters. The molecule has 29 heavy (non-hydrogen) atoms. The SMILES string of the molecule is CC(C)CC(=O)N(Cc1ccccc1Cl)c1cc(-c2ccccc2)sc1C(=O)O. The number of carboxylic acids is 1. The van der Waals surface area contributed by atoms with Gasteiger partial charge >= 0.3 is 5.97 Å². The summed E-state index contributed by atoms with van der Waals surface area (Å²) in [6, 6.07) is 18.7. The molecule has 1 amide bonds. The van der Waals surface area contributed by atoms with Crippen LogP contribution in [0, 0.1) is 5.92 Å². The van der Waals surface area contributed by atoms with E-state index in [1.165, 1.54) is 11.3 Å². The largest absolute Gasteiger partial charge is 0.477 e. The van der Waals surface area contributed by atoms with Gasteiger partial charge in [0.1, 0.15) is 4.88 Å². The Morgan fingerprint density at radius 2 is 1.72 bits per heavy atom. The second-order valence-electron chi connectivity index (χ2n) is 7.17. The van der Waals surface area contributed by atoms with Gasteiger partial charge in [0.05, 0.1) is 12.2 Å². The van der Waals surface area contributed by atoms with E-state index in [4.69, 9.17) is 11.6 Å². The summed E-state index contributed by atoms with van der Waals surface area (Å²) in [4.78, 5) is 27.6. The number of benzene rings is 2. The standard InChI is InChI=1S/C23H22ClNO3S/c1-15(2)12-21(26)25(14-17-10-6-7-11-18(17)24)19-13-20(29-22(19)23(27)28)16-8-4-3-5-9-16/h3-11,13,15H,12,14H2,1-2H3,(H,27,28). The third kappa shape index (κ3) is 5.05. The van der Waals surface area contributed by atoms with Crippen LogP contribution in [0.5, 0.6) is 0 Å². The van der Waals surface area contributed by atoms with Crippen LogP contribution in [0.2, 0.25) is 5.02 Å². The van der Waals surface area contributed by atoms with Gasteiger partial charge in [-0.25, -0.2) is 4.79 Å². The molecular formula is C23H22ClNO3S. The quantitative estimate of drug-likeness (QED) is 0.478. The maximum absolute atomic E-state index is 13.1. The highest BCUT2D eigenvalue weighted by Crippen LogP contribution is 2.38. The zero-order chi connectivity index (χ0) is 21.0. The first kappa shape index (κ1) is 21.1. The van der Waals surface area contributed by atoms with Crippen LogP contribution >= 0.6 is 22.9 Å². The number of amides is 1. The minimum Gasteiger partial charge on any atom is -0.477 e. The number of thiophene rings is 1. The number of carboxylic acid groups (broad SMARTS) is 1. The number of nitrogens with zero attached hydrogens (tertiary/aromatic N) is 1. The Morgan fingerprint density at radius 3 is 2.34 bits per heavy atom. The fourth-order valence-electron chi connectivity index (χ4n) is 3.04. The Kier molecular flexibility index (Phi) is 6.72. The summed E-state index contributed by atoms with van der Waals surface area (Å²) in [6.07, 6.45) is 0.319. The van der Waals surface area contributed by atoms with Crippen molar-refractivity contribution in [2.75, 3.05) is 4.90 Å². The Bertz CT molecular complexity index is 1010. The van der Waals surface area contributed by atoms with Gasteiger partial charge in [-0.2, -0.15) is 0 Å². The second kappa shape index (κ2) is 9.25. The van der Waals surface area contributed by atoms with Crippen molar-refractivity contribution in [2.45, 2.75) is 26.8 Å². The van der Waals surface area contributed by atoms with Gasteiger partial charge in [-0.05, 0) is 29.2 Å². The second-order valence-corrected chi connectivity index (χ2v) is 8.62. The monoisotopic (exact) mass is 427 g/mol. The fourth-order valence-corrected chi connectivity index (χ4v) is 4.24. The van der Waals surface area contributed by atoms with Crippen molar-refractivity contribution in [2.24, 2.45) is 5.92 Å². The normalized spacial score (nSPS) is 10.9. The van der Waals surface area contributed by atoms with Crippen molar-refractivity contribution in [3.8, 4) is 10.4 Å². The molecule has 0 fully saturated rings. The molecule has 1 aromatic heterocycles. The Hall–Kier alpha value is -2.63. The van der Waals surface area contributed by atoms with E-state index in [1.807, 2.05) is 62.4 Å². The van der Waals surface area contributed by atoms with Gasteiger partial charge in [0.25, 0.3) is 0 Å². The number of hydrogen-bond acceptors (Lipinski definition) is 3. The molecule has 0 aliphatic rings. The third-order valence-electron chi connectivity index (χ3n) is 4.43. The van der Waals surface area contributed by atoms with Crippen LogP contribution in [-0.4, -0.2) is 17.0 Å². The summed E-state index contributed by atoms with van der Waals surface area (Å²) in [6.45, 7) is 4.15. The summed E-state index contributed by atoms with van der Waals surface area (Å²) >= 11 is 7.49. The molecule has 0 spiro atoms. The average molecular weight is 428 g/mol. The molecule has 0 saturated heterocycles. The smallest absolute Gasteiger partial charge is 0.348 e. The van der Waals surface area contributed by atoms with Crippen LogP contribution in [0.1, 0.15) is 35.5 Å². The van der Waals surface area contributed by atoms with E-state index >= 15 is 0 Å². The predicted molar refractivity (Wildman–Crippen MR) is 119 cm³/mol. The average Bonchev–Trinajstić information content (AvgIpc) is 3.13. The molecule has 2 aromatic carbocycles. The zero-order valence-corrected chi connectivity index (χ0v) is 17.8. The van der Waals surface area contributed by atoms with Crippen molar-refractivity contribution in [3.63, 3.8) is 0 Å². The molecule has 0 radical (unpaired) electrons. The van der Waals surface area contributed by atoms with E-state index in [9.17, 15) is 14.7 Å². The lowest BCUT2D eigenvalue weighted by Gasteiger charge is -2.24. The minimum atomic E-state index is -1.05. The number of halogens is 1. The molecule has 0 saturated carbocycles. The van der Waals surface area contributed by atoms with Crippen LogP contribution < -0.4 is 4.90 Å². The number of carbonyl (C=O) groups excluding carboxylic acids is 1. The van der Waals surface area contributed by atoms with Crippen molar-refractivity contribution >= 4 is 40.5 Å². The molecule has 3 aromatic rings. The lowest BCUT2D eigenvalue weighted by molar-refractivity contribution is -0.119. The van der Waals surface area contributed by atoms with Gasteiger partial charge in [0.15, 0.2) is 0 Å². The first-order valence-corrected chi connectivity index (χ1v) is 10.5. The van der Waals surface area contributed by atoms with Crippen molar-refractivity contribution in [1.82, 2.24) is 0 Å². The number of carbonyl (C=O) groups is 2. The number of rotatable bonds is 7. The van der Waals surface area contributed by atoms with E-state index in [-0.39, 0.29) is 23.2 Å². The lowest BCUT2D eigenvalue weighted by Crippen LogP contribution is -2.32. The van der Waals surface area contributed by atoms with Crippen LogP contribution in [0.4, 0.5) is 5.69 Å². The van der Waals surface area contributed by atoms with Gasteiger partial charge in [-0.15, -0.1) is 11.3 Å². The van der Waals surface area contributed by atoms with Gasteiger partial charge in [0, 0.05) is 16.3 Å². The molecular weight excluding hydrogens is 406 g/mol. The summed E-state index contributed by atoms with van der Waals surface area (Å²) in [5.41, 5.74) is 2.10. The highest BCUT2D eigenvalue weighted by atomic mass is 35.5. The van der Waals surface area contributed by atoms with Gasteiger partial charge < -0.3 is 10.0 Å². The van der Waals surface area contributed by atoms with Gasteiger partial charge in [-0.3, -0.25) is 4.79 Å². The van der Waals surface area contributed by atoms with E-state index in [0.29, 0.717) is 17.1 Å². The maximum atomic E-state index is 13.1. The fraction of sp³-hybridized carbons (Fsp3) is 0.217. The minimum absolute atomic E-state index is 0.125. The van der Waals surface area contributed by atoms with E-state index in [0.717, 1.165) is 16.0 Å². The number of hydrogen-bond donors (Lipinski definition) is 1. The van der Waals surface area contributed by atoms with E-state index in [2.05, 4.69) is 0 Å². The van der Waals surface area contributed by atoms with Crippen LogP contribution in [0.3, 0.4) is 0 Å². The van der Waals surface area contributed by atoms with Gasteiger partial charge in [-0.1, -0.05) is 74.0 Å². The highest BCUT2D eigenvalue weighted by Gasteiger charge is 2.26. The number of anilines is 1. The first-order chi connectivity index (χ1) is 13.9. The highest BCUT2D eigenvalue weighted by molar-refractivity contribution is 7.18. The predicted octanol–water partition coefficient (Wildman–Crippen LogP) is 6.35. The molecule has 0 atom stereocenters. The lowest BCUT2D eigenvalue weighted by atomic mass is 10.1.